The number of aryl methyl sites for hydroxylation is 1. The molecule has 3 aromatic rings. The van der Waals surface area contributed by atoms with Gasteiger partial charge in [-0.1, -0.05) is 24.3 Å². The summed E-state index contributed by atoms with van der Waals surface area (Å²) in [6, 6.07) is 11.1. The summed E-state index contributed by atoms with van der Waals surface area (Å²) in [6.45, 7) is 6.33. The average molecular weight is 437 g/mol. The zero-order valence-corrected chi connectivity index (χ0v) is 18.9. The molecule has 1 heterocycles. The van der Waals surface area contributed by atoms with E-state index in [-0.39, 0.29) is 17.9 Å². The Bertz CT molecular complexity index is 1120. The summed E-state index contributed by atoms with van der Waals surface area (Å²) in [7, 11) is 2.95. The Labute approximate surface area is 187 Å². The first-order valence-electron chi connectivity index (χ1n) is 10.3. The van der Waals surface area contributed by atoms with Crippen molar-refractivity contribution in [2.75, 3.05) is 19.5 Å². The minimum absolute atomic E-state index is 0.131. The van der Waals surface area contributed by atoms with Crippen molar-refractivity contribution in [3.05, 3.63) is 71.0 Å². The molecule has 1 aromatic heterocycles. The molecular weight excluding hydrogens is 408 g/mol. The van der Waals surface area contributed by atoms with E-state index in [1.54, 1.807) is 23.0 Å². The lowest BCUT2D eigenvalue weighted by atomic mass is 10.1. The summed E-state index contributed by atoms with van der Waals surface area (Å²) >= 11 is 0. The van der Waals surface area contributed by atoms with Gasteiger partial charge in [0.05, 0.1) is 31.7 Å². The number of aromatic nitrogens is 2. The fraction of sp³-hybridized carbons (Fsp3) is 0.292. The lowest BCUT2D eigenvalue weighted by Gasteiger charge is -2.16. The van der Waals surface area contributed by atoms with Crippen molar-refractivity contribution in [3.8, 4) is 11.5 Å². The van der Waals surface area contributed by atoms with Crippen LogP contribution in [0.3, 0.4) is 0 Å². The van der Waals surface area contributed by atoms with Crippen LogP contribution in [-0.2, 0) is 6.54 Å². The molecule has 2 amide bonds. The largest absolute Gasteiger partial charge is 0.493 e. The maximum absolute atomic E-state index is 12.8. The van der Waals surface area contributed by atoms with Crippen LogP contribution in [0.2, 0.25) is 0 Å². The third kappa shape index (κ3) is 5.08. The van der Waals surface area contributed by atoms with Gasteiger partial charge in [-0.3, -0.25) is 14.3 Å². The fourth-order valence-electron chi connectivity index (χ4n) is 3.21. The molecule has 0 saturated heterocycles. The number of hydrogen-bond donors (Lipinski definition) is 2. The fourth-order valence-corrected chi connectivity index (χ4v) is 3.21. The molecule has 0 fully saturated rings. The highest BCUT2D eigenvalue weighted by molar-refractivity contribution is 6.06. The predicted octanol–water partition coefficient (Wildman–Crippen LogP) is 3.97. The molecule has 2 aromatic carbocycles. The zero-order valence-electron chi connectivity index (χ0n) is 18.9. The van der Waals surface area contributed by atoms with E-state index in [0.29, 0.717) is 34.9 Å². The second kappa shape index (κ2) is 10.00. The Balaban J connectivity index is 1.85. The van der Waals surface area contributed by atoms with Crippen LogP contribution in [0.15, 0.2) is 48.8 Å². The summed E-state index contributed by atoms with van der Waals surface area (Å²) < 4.78 is 12.5. The van der Waals surface area contributed by atoms with Gasteiger partial charge in [0, 0.05) is 24.3 Å². The van der Waals surface area contributed by atoms with Crippen molar-refractivity contribution in [2.24, 2.45) is 0 Å². The van der Waals surface area contributed by atoms with Crippen LogP contribution in [0.25, 0.3) is 0 Å². The van der Waals surface area contributed by atoms with E-state index < -0.39 is 0 Å². The van der Waals surface area contributed by atoms with E-state index in [0.717, 1.165) is 11.1 Å². The van der Waals surface area contributed by atoms with Gasteiger partial charge in [0.25, 0.3) is 11.8 Å². The van der Waals surface area contributed by atoms with E-state index in [9.17, 15) is 9.59 Å². The van der Waals surface area contributed by atoms with E-state index >= 15 is 0 Å². The maximum Gasteiger partial charge on any atom is 0.258 e. The van der Waals surface area contributed by atoms with Gasteiger partial charge in [0.15, 0.2) is 11.5 Å². The minimum atomic E-state index is -0.366. The summed E-state index contributed by atoms with van der Waals surface area (Å²) in [5.74, 6) is 0.00354. The third-order valence-electron chi connectivity index (χ3n) is 5.08. The number of carbonyl (C=O) groups is 2. The molecule has 0 aliphatic carbocycles. The summed E-state index contributed by atoms with van der Waals surface area (Å²) in [5, 5.41) is 9.91. The van der Waals surface area contributed by atoms with Crippen LogP contribution in [-0.4, -0.2) is 35.8 Å². The number of ether oxygens (including phenoxy) is 2. The molecule has 0 bridgehead atoms. The van der Waals surface area contributed by atoms with E-state index in [4.69, 9.17) is 9.47 Å². The summed E-state index contributed by atoms with van der Waals surface area (Å²) in [6.07, 6.45) is 3.17. The Morgan fingerprint density at radius 2 is 1.81 bits per heavy atom. The normalized spacial score (nSPS) is 10.7. The predicted molar refractivity (Wildman–Crippen MR) is 122 cm³/mol. The molecule has 0 unspecified atom stereocenters. The van der Waals surface area contributed by atoms with Crippen molar-refractivity contribution in [3.63, 3.8) is 0 Å². The lowest BCUT2D eigenvalue weighted by Crippen LogP contribution is -2.23. The van der Waals surface area contributed by atoms with Crippen molar-refractivity contribution >= 4 is 17.5 Å². The Morgan fingerprint density at radius 3 is 2.44 bits per heavy atom. The van der Waals surface area contributed by atoms with Gasteiger partial charge in [-0.2, -0.15) is 5.10 Å². The molecule has 8 heteroatoms. The van der Waals surface area contributed by atoms with Gasteiger partial charge >= 0.3 is 0 Å². The smallest absolute Gasteiger partial charge is 0.258 e. The topological polar surface area (TPSA) is 94.5 Å². The van der Waals surface area contributed by atoms with Crippen molar-refractivity contribution in [1.82, 2.24) is 15.1 Å². The minimum Gasteiger partial charge on any atom is -0.493 e. The van der Waals surface area contributed by atoms with Crippen molar-refractivity contribution in [1.29, 1.82) is 0 Å². The van der Waals surface area contributed by atoms with Gasteiger partial charge in [-0.25, -0.2) is 0 Å². The SMILES string of the molecule is COc1cc(C(=O)NCc2ccccc2C)cc(NC(=O)c2cnn(C(C)C)c2)c1OC. The Kier molecular flexibility index (Phi) is 7.14. The molecule has 0 radical (unpaired) electrons. The second-order valence-corrected chi connectivity index (χ2v) is 7.63. The number of benzene rings is 2. The van der Waals surface area contributed by atoms with Crippen LogP contribution in [0, 0.1) is 6.92 Å². The number of rotatable bonds is 8. The molecule has 3 rings (SSSR count). The molecule has 32 heavy (non-hydrogen) atoms. The highest BCUT2D eigenvalue weighted by Gasteiger charge is 2.19. The van der Waals surface area contributed by atoms with E-state index in [1.165, 1.54) is 20.4 Å². The lowest BCUT2D eigenvalue weighted by molar-refractivity contribution is 0.0949. The first-order chi connectivity index (χ1) is 15.3. The summed E-state index contributed by atoms with van der Waals surface area (Å²) in [4.78, 5) is 25.6. The molecule has 8 nitrogen and oxygen atoms in total. The molecular formula is C24H28N4O4. The second-order valence-electron chi connectivity index (χ2n) is 7.63. The number of hydrogen-bond acceptors (Lipinski definition) is 5. The van der Waals surface area contributed by atoms with Crippen LogP contribution in [0.1, 0.15) is 51.7 Å². The standard InChI is InChI=1S/C24H28N4O4/c1-15(2)28-14-19(13-26-28)24(30)27-20-10-18(11-21(31-4)22(20)32-5)23(29)25-12-17-9-7-6-8-16(17)3/h6-11,13-15H,12H2,1-5H3,(H,25,29)(H,27,30). The molecule has 168 valence electrons. The molecule has 0 spiro atoms. The van der Waals surface area contributed by atoms with Gasteiger partial charge in [-0.15, -0.1) is 0 Å². The number of nitrogens with one attached hydrogen (secondary N) is 2. The highest BCUT2D eigenvalue weighted by Crippen LogP contribution is 2.37. The van der Waals surface area contributed by atoms with E-state index in [1.807, 2.05) is 45.0 Å². The first kappa shape index (κ1) is 22.9. The van der Waals surface area contributed by atoms with Gasteiger partial charge in [0.1, 0.15) is 0 Å². The maximum atomic E-state index is 12.8. The zero-order chi connectivity index (χ0) is 23.3. The van der Waals surface area contributed by atoms with Gasteiger partial charge in [-0.05, 0) is 44.0 Å². The third-order valence-corrected chi connectivity index (χ3v) is 5.08. The Hall–Kier alpha value is -3.81. The van der Waals surface area contributed by atoms with Crippen LogP contribution in [0.4, 0.5) is 5.69 Å². The Morgan fingerprint density at radius 1 is 1.06 bits per heavy atom. The number of carbonyl (C=O) groups excluding carboxylic acids is 2. The molecule has 0 atom stereocenters. The number of anilines is 1. The van der Waals surface area contributed by atoms with Crippen LogP contribution in [0.5, 0.6) is 11.5 Å². The summed E-state index contributed by atoms with van der Waals surface area (Å²) in [5.41, 5.74) is 3.18. The molecule has 0 saturated carbocycles. The number of nitrogens with zero attached hydrogens (tertiary/aromatic N) is 2. The van der Waals surface area contributed by atoms with Crippen LogP contribution < -0.4 is 20.1 Å². The number of methoxy groups -OCH3 is 2. The van der Waals surface area contributed by atoms with Crippen molar-refractivity contribution in [2.45, 2.75) is 33.4 Å². The highest BCUT2D eigenvalue weighted by atomic mass is 16.5. The van der Waals surface area contributed by atoms with Gasteiger partial charge in [0.2, 0.25) is 0 Å². The van der Waals surface area contributed by atoms with E-state index in [2.05, 4.69) is 15.7 Å². The quantitative estimate of drug-likeness (QED) is 0.557. The van der Waals surface area contributed by atoms with Crippen molar-refractivity contribution < 1.29 is 19.1 Å². The average Bonchev–Trinajstić information content (AvgIpc) is 3.28. The first-order valence-corrected chi connectivity index (χ1v) is 10.3. The molecule has 2 N–H and O–H groups in total. The van der Waals surface area contributed by atoms with Gasteiger partial charge < -0.3 is 20.1 Å². The molecule has 0 aliphatic rings. The monoisotopic (exact) mass is 436 g/mol. The molecule has 0 aliphatic heterocycles. The number of amides is 2. The van der Waals surface area contributed by atoms with Crippen LogP contribution >= 0.6 is 0 Å².